The number of aromatic nitrogens is 2. The molecule has 3 aromatic carbocycles. The molecule has 0 aliphatic heterocycles. The Balaban J connectivity index is 1.38. The van der Waals surface area contributed by atoms with E-state index in [2.05, 4.69) is 41.5 Å². The largest absolute Gasteiger partial charge is 0.466 e. The molecule has 1 aromatic heterocycles. The van der Waals surface area contributed by atoms with E-state index in [0.717, 1.165) is 22.4 Å². The second-order valence-electron chi connectivity index (χ2n) is 9.43. The molecule has 0 bridgehead atoms. The van der Waals surface area contributed by atoms with Crippen LogP contribution in [0.5, 0.6) is 0 Å². The molecule has 0 amide bonds. The Morgan fingerprint density at radius 2 is 1.47 bits per heavy atom. The number of ketones is 1. The number of hydrogen-bond donors (Lipinski definition) is 1. The zero-order valence-electron chi connectivity index (χ0n) is 22.0. The molecule has 38 heavy (non-hydrogen) atoms. The molecule has 0 saturated carbocycles. The van der Waals surface area contributed by atoms with E-state index in [0.29, 0.717) is 42.7 Å². The topological polar surface area (TPSA) is 94.3 Å². The van der Waals surface area contributed by atoms with Crippen molar-refractivity contribution < 1.29 is 18.7 Å². The Hall–Kier alpha value is -4.26. The Kier molecular flexibility index (Phi) is 9.03. The van der Waals surface area contributed by atoms with Crippen LogP contribution in [0.1, 0.15) is 62.0 Å². The highest BCUT2D eigenvalue weighted by Gasteiger charge is 2.17. The van der Waals surface area contributed by atoms with Gasteiger partial charge in [0.05, 0.1) is 12.6 Å². The predicted molar refractivity (Wildman–Crippen MR) is 148 cm³/mol. The van der Waals surface area contributed by atoms with Crippen LogP contribution in [0.3, 0.4) is 0 Å². The summed E-state index contributed by atoms with van der Waals surface area (Å²) < 4.78 is 10.8. The van der Waals surface area contributed by atoms with Gasteiger partial charge in [0.1, 0.15) is 0 Å². The van der Waals surface area contributed by atoms with Gasteiger partial charge in [-0.3, -0.25) is 9.59 Å². The minimum atomic E-state index is -0.262. The van der Waals surface area contributed by atoms with Crippen molar-refractivity contribution in [1.29, 1.82) is 0 Å². The number of carbonyl (C=O) groups excluding carboxylic acids is 2. The first-order valence-electron chi connectivity index (χ1n) is 13.0. The van der Waals surface area contributed by atoms with Gasteiger partial charge in [-0.05, 0) is 73.4 Å². The molecule has 1 atom stereocenters. The van der Waals surface area contributed by atoms with E-state index in [4.69, 9.17) is 9.15 Å². The van der Waals surface area contributed by atoms with Gasteiger partial charge in [0.25, 0.3) is 0 Å². The minimum absolute atomic E-state index is 0.0216. The molecular formula is C31H33N3O4. The average Bonchev–Trinajstić information content (AvgIpc) is 3.43. The summed E-state index contributed by atoms with van der Waals surface area (Å²) >= 11 is 0. The van der Waals surface area contributed by atoms with E-state index in [1.54, 1.807) is 6.92 Å². The summed E-state index contributed by atoms with van der Waals surface area (Å²) in [5.41, 5.74) is 4.44. The standard InChI is InChI=1S/C31H33N3O4/c1-4-37-28(36)12-8-11-27(35)22-17-19-26(20-18-22)32-29(21(2)3)23-13-15-25(16-14-23)31-34-33-30(38-31)24-9-6-5-7-10-24/h5-7,9-10,13-21,29,32H,4,8,11-12H2,1-3H3/t29-/m0/s1. The number of nitrogens with zero attached hydrogens (tertiary/aromatic N) is 2. The molecule has 4 rings (SSSR count). The molecule has 7 nitrogen and oxygen atoms in total. The lowest BCUT2D eigenvalue weighted by Gasteiger charge is -2.24. The number of hydrogen-bond acceptors (Lipinski definition) is 7. The molecule has 0 aliphatic carbocycles. The first-order chi connectivity index (χ1) is 18.4. The lowest BCUT2D eigenvalue weighted by Crippen LogP contribution is -2.16. The minimum Gasteiger partial charge on any atom is -0.466 e. The maximum Gasteiger partial charge on any atom is 0.305 e. The van der Waals surface area contributed by atoms with Gasteiger partial charge in [0, 0.05) is 35.2 Å². The normalized spacial score (nSPS) is 11.8. The quantitative estimate of drug-likeness (QED) is 0.160. The average molecular weight is 512 g/mol. The van der Waals surface area contributed by atoms with Crippen LogP contribution in [0, 0.1) is 5.92 Å². The van der Waals surface area contributed by atoms with Crippen molar-refractivity contribution >= 4 is 17.4 Å². The molecule has 0 aliphatic rings. The molecule has 0 spiro atoms. The molecule has 0 unspecified atom stereocenters. The van der Waals surface area contributed by atoms with Crippen LogP contribution in [0.2, 0.25) is 0 Å². The summed E-state index contributed by atoms with van der Waals surface area (Å²) in [6.07, 6.45) is 1.06. The monoisotopic (exact) mass is 511 g/mol. The van der Waals surface area contributed by atoms with Crippen molar-refractivity contribution in [3.63, 3.8) is 0 Å². The first-order valence-corrected chi connectivity index (χ1v) is 13.0. The molecule has 0 fully saturated rings. The first kappa shape index (κ1) is 26.8. The van der Waals surface area contributed by atoms with E-state index in [1.807, 2.05) is 66.7 Å². The van der Waals surface area contributed by atoms with Crippen molar-refractivity contribution in [2.75, 3.05) is 11.9 Å². The Labute approximate surface area is 223 Å². The summed E-state index contributed by atoms with van der Waals surface area (Å²) in [7, 11) is 0. The molecule has 0 radical (unpaired) electrons. The smallest absolute Gasteiger partial charge is 0.305 e. The van der Waals surface area contributed by atoms with Crippen molar-refractivity contribution in [3.05, 3.63) is 90.0 Å². The Morgan fingerprint density at radius 1 is 0.842 bits per heavy atom. The van der Waals surface area contributed by atoms with Crippen LogP contribution in [0.4, 0.5) is 5.69 Å². The van der Waals surface area contributed by atoms with E-state index >= 15 is 0 Å². The number of anilines is 1. The third-order valence-electron chi connectivity index (χ3n) is 6.25. The Bertz CT molecular complexity index is 1330. The summed E-state index contributed by atoms with van der Waals surface area (Å²) in [5, 5.41) is 12.0. The van der Waals surface area contributed by atoms with Gasteiger partial charge in [-0.1, -0.05) is 44.2 Å². The van der Waals surface area contributed by atoms with Gasteiger partial charge in [0.2, 0.25) is 11.8 Å². The van der Waals surface area contributed by atoms with Gasteiger partial charge < -0.3 is 14.5 Å². The zero-order chi connectivity index (χ0) is 26.9. The van der Waals surface area contributed by atoms with Crippen LogP contribution in [0.25, 0.3) is 22.9 Å². The van der Waals surface area contributed by atoms with Crippen LogP contribution in [-0.2, 0) is 9.53 Å². The lowest BCUT2D eigenvalue weighted by molar-refractivity contribution is -0.143. The molecule has 1 N–H and O–H groups in total. The maximum absolute atomic E-state index is 12.5. The van der Waals surface area contributed by atoms with Crippen molar-refractivity contribution in [3.8, 4) is 22.9 Å². The summed E-state index contributed by atoms with van der Waals surface area (Å²) in [4.78, 5) is 24.0. The van der Waals surface area contributed by atoms with Gasteiger partial charge >= 0.3 is 5.97 Å². The summed E-state index contributed by atoms with van der Waals surface area (Å²) in [6, 6.07) is 25.4. The molecule has 196 valence electrons. The third kappa shape index (κ3) is 6.94. The number of esters is 1. The number of Topliss-reactive ketones (excluding diaryl/α,β-unsaturated/α-hetero) is 1. The second kappa shape index (κ2) is 12.8. The predicted octanol–water partition coefficient (Wildman–Crippen LogP) is 7.13. The van der Waals surface area contributed by atoms with Crippen molar-refractivity contribution in [2.45, 2.75) is 46.1 Å². The van der Waals surface area contributed by atoms with Gasteiger partial charge in [0.15, 0.2) is 5.78 Å². The molecular weight excluding hydrogens is 478 g/mol. The maximum atomic E-state index is 12.5. The van der Waals surface area contributed by atoms with Crippen molar-refractivity contribution in [2.24, 2.45) is 5.92 Å². The number of benzene rings is 3. The molecule has 0 saturated heterocycles. The number of nitrogens with one attached hydrogen (secondary N) is 1. The Morgan fingerprint density at radius 3 is 2.08 bits per heavy atom. The van der Waals surface area contributed by atoms with E-state index in [-0.39, 0.29) is 24.2 Å². The van der Waals surface area contributed by atoms with Crippen LogP contribution in [0.15, 0.2) is 83.3 Å². The molecule has 7 heteroatoms. The summed E-state index contributed by atoms with van der Waals surface area (Å²) in [5.74, 6) is 1.05. The van der Waals surface area contributed by atoms with E-state index in [9.17, 15) is 9.59 Å². The highest BCUT2D eigenvalue weighted by molar-refractivity contribution is 5.96. The second-order valence-corrected chi connectivity index (χ2v) is 9.43. The highest BCUT2D eigenvalue weighted by Crippen LogP contribution is 2.30. The van der Waals surface area contributed by atoms with Crippen LogP contribution >= 0.6 is 0 Å². The van der Waals surface area contributed by atoms with Crippen molar-refractivity contribution in [1.82, 2.24) is 10.2 Å². The zero-order valence-corrected chi connectivity index (χ0v) is 22.0. The highest BCUT2D eigenvalue weighted by atomic mass is 16.5. The SMILES string of the molecule is CCOC(=O)CCCC(=O)c1ccc(N[C@H](c2ccc(-c3nnc(-c4ccccc4)o3)cc2)C(C)C)cc1. The fraction of sp³-hybridized carbons (Fsp3) is 0.290. The van der Waals surface area contributed by atoms with E-state index in [1.165, 1.54) is 0 Å². The summed E-state index contributed by atoms with van der Waals surface area (Å²) in [6.45, 7) is 6.46. The van der Waals surface area contributed by atoms with Gasteiger partial charge in [-0.25, -0.2) is 0 Å². The number of ether oxygens (including phenoxy) is 1. The molecule has 4 aromatic rings. The van der Waals surface area contributed by atoms with Crippen LogP contribution < -0.4 is 5.32 Å². The number of carbonyl (C=O) groups is 2. The molecule has 1 heterocycles. The fourth-order valence-corrected chi connectivity index (χ4v) is 4.21. The number of rotatable bonds is 12. The third-order valence-corrected chi connectivity index (χ3v) is 6.25. The fourth-order valence-electron chi connectivity index (χ4n) is 4.21. The lowest BCUT2D eigenvalue weighted by atomic mass is 9.94. The van der Waals surface area contributed by atoms with Crippen LogP contribution in [-0.4, -0.2) is 28.6 Å². The van der Waals surface area contributed by atoms with E-state index < -0.39 is 0 Å². The van der Waals surface area contributed by atoms with Gasteiger partial charge in [-0.2, -0.15) is 0 Å². The van der Waals surface area contributed by atoms with Gasteiger partial charge in [-0.15, -0.1) is 10.2 Å².